The molecule has 0 amide bonds. The second-order valence-corrected chi connectivity index (χ2v) is 7.99. The van der Waals surface area contributed by atoms with Crippen molar-refractivity contribution in [2.24, 2.45) is 13.0 Å². The third-order valence-electron chi connectivity index (χ3n) is 4.65. The standard InChI is InChI=1S/C21H22NS/c1-13(2)12-16-10-11-22(4)20-18-14(3)8-9-15-6-5-7-17(19(15)18)23-21(16)20/h5-11,13H,12H2,1-4H3/q+1. The lowest BCUT2D eigenvalue weighted by atomic mass is 9.94. The largest absolute Gasteiger partial charge is 0.227 e. The Kier molecular flexibility index (Phi) is 3.46. The molecule has 0 spiro atoms. The third kappa shape index (κ3) is 2.28. The average Bonchev–Trinajstić information content (AvgIpc) is 2.52. The molecule has 0 saturated carbocycles. The molecule has 0 fully saturated rings. The predicted molar refractivity (Wildman–Crippen MR) is 98.0 cm³/mol. The fraction of sp³-hybridized carbons (Fsp3) is 0.286. The van der Waals surface area contributed by atoms with Gasteiger partial charge in [0.15, 0.2) is 6.20 Å². The molecule has 1 nitrogen and oxygen atoms in total. The molecule has 23 heavy (non-hydrogen) atoms. The first-order valence-electron chi connectivity index (χ1n) is 8.28. The van der Waals surface area contributed by atoms with E-state index in [1.807, 2.05) is 11.8 Å². The second-order valence-electron chi connectivity index (χ2n) is 6.94. The summed E-state index contributed by atoms with van der Waals surface area (Å²) in [6.07, 6.45) is 3.36. The van der Waals surface area contributed by atoms with Crippen molar-refractivity contribution in [3.8, 4) is 11.3 Å². The quantitative estimate of drug-likeness (QED) is 0.453. The molecule has 0 N–H and O–H groups in total. The van der Waals surface area contributed by atoms with E-state index >= 15 is 0 Å². The second kappa shape index (κ2) is 5.38. The Morgan fingerprint density at radius 1 is 1.09 bits per heavy atom. The van der Waals surface area contributed by atoms with E-state index in [2.05, 4.69) is 75.0 Å². The van der Waals surface area contributed by atoms with Crippen LogP contribution in [0.5, 0.6) is 0 Å². The van der Waals surface area contributed by atoms with Crippen LogP contribution in [0.25, 0.3) is 22.0 Å². The molecule has 0 aliphatic carbocycles. The minimum absolute atomic E-state index is 0.668. The van der Waals surface area contributed by atoms with Crippen molar-refractivity contribution in [3.05, 3.63) is 53.7 Å². The van der Waals surface area contributed by atoms with Crippen molar-refractivity contribution in [2.75, 3.05) is 0 Å². The van der Waals surface area contributed by atoms with Gasteiger partial charge in [-0.15, -0.1) is 0 Å². The van der Waals surface area contributed by atoms with Crippen molar-refractivity contribution in [3.63, 3.8) is 0 Å². The van der Waals surface area contributed by atoms with Crippen LogP contribution in [0.4, 0.5) is 0 Å². The smallest absolute Gasteiger partial charge is 0.200 e. The lowest BCUT2D eigenvalue weighted by molar-refractivity contribution is -0.662. The molecule has 1 aliphatic rings. The van der Waals surface area contributed by atoms with Crippen LogP contribution in [-0.2, 0) is 13.5 Å². The molecule has 2 aromatic carbocycles. The minimum Gasteiger partial charge on any atom is -0.200 e. The highest BCUT2D eigenvalue weighted by Gasteiger charge is 2.29. The molecule has 0 saturated heterocycles. The first kappa shape index (κ1) is 14.8. The van der Waals surface area contributed by atoms with Gasteiger partial charge in [-0.3, -0.25) is 0 Å². The third-order valence-corrected chi connectivity index (χ3v) is 5.87. The summed E-state index contributed by atoms with van der Waals surface area (Å²) in [6.45, 7) is 6.83. The van der Waals surface area contributed by atoms with E-state index in [1.165, 1.54) is 42.9 Å². The zero-order valence-electron chi connectivity index (χ0n) is 14.2. The van der Waals surface area contributed by atoms with Gasteiger partial charge in [0.2, 0.25) is 5.69 Å². The molecule has 2 heterocycles. The Labute approximate surface area is 142 Å². The zero-order chi connectivity index (χ0) is 16.1. The summed E-state index contributed by atoms with van der Waals surface area (Å²) in [5.41, 5.74) is 5.64. The van der Waals surface area contributed by atoms with Gasteiger partial charge in [0.25, 0.3) is 0 Å². The highest BCUT2D eigenvalue weighted by atomic mass is 32.2. The Balaban J connectivity index is 2.10. The van der Waals surface area contributed by atoms with Crippen molar-refractivity contribution >= 4 is 22.5 Å². The lowest BCUT2D eigenvalue weighted by Gasteiger charge is -2.22. The molecule has 1 aliphatic heterocycles. The Morgan fingerprint density at radius 3 is 2.70 bits per heavy atom. The van der Waals surface area contributed by atoms with E-state index in [4.69, 9.17) is 0 Å². The van der Waals surface area contributed by atoms with Gasteiger partial charge in [-0.1, -0.05) is 49.9 Å². The number of hydrogen-bond donors (Lipinski definition) is 0. The van der Waals surface area contributed by atoms with E-state index in [0.717, 1.165) is 6.42 Å². The Morgan fingerprint density at radius 2 is 1.91 bits per heavy atom. The van der Waals surface area contributed by atoms with Crippen molar-refractivity contribution in [2.45, 2.75) is 37.0 Å². The number of pyridine rings is 1. The Hall–Kier alpha value is -1.80. The topological polar surface area (TPSA) is 3.88 Å². The van der Waals surface area contributed by atoms with Crippen molar-refractivity contribution < 1.29 is 4.57 Å². The summed E-state index contributed by atoms with van der Waals surface area (Å²) in [5, 5.41) is 2.76. The maximum Gasteiger partial charge on any atom is 0.227 e. The van der Waals surface area contributed by atoms with Gasteiger partial charge in [0, 0.05) is 16.3 Å². The van der Waals surface area contributed by atoms with E-state index in [0.29, 0.717) is 5.92 Å². The molecular formula is C21H22NS+. The normalized spacial score (nSPS) is 12.7. The molecule has 3 aromatic rings. The summed E-state index contributed by atoms with van der Waals surface area (Å²) in [7, 11) is 2.17. The van der Waals surface area contributed by atoms with E-state index in [-0.39, 0.29) is 0 Å². The lowest BCUT2D eigenvalue weighted by Crippen LogP contribution is -2.32. The van der Waals surface area contributed by atoms with Crippen LogP contribution in [0.1, 0.15) is 25.0 Å². The Bertz CT molecular complexity index is 925. The summed E-state index contributed by atoms with van der Waals surface area (Å²) in [4.78, 5) is 2.84. The molecule has 4 rings (SSSR count). The number of aromatic nitrogens is 1. The van der Waals surface area contributed by atoms with Crippen molar-refractivity contribution in [1.82, 2.24) is 0 Å². The van der Waals surface area contributed by atoms with E-state index in [1.54, 1.807) is 0 Å². The fourth-order valence-electron chi connectivity index (χ4n) is 3.62. The van der Waals surface area contributed by atoms with Crippen LogP contribution in [-0.4, -0.2) is 0 Å². The number of hydrogen-bond acceptors (Lipinski definition) is 1. The average molecular weight is 320 g/mol. The molecule has 2 heteroatoms. The minimum atomic E-state index is 0.668. The van der Waals surface area contributed by atoms with Crippen LogP contribution in [0, 0.1) is 12.8 Å². The van der Waals surface area contributed by atoms with Crippen molar-refractivity contribution in [1.29, 1.82) is 0 Å². The summed E-state index contributed by atoms with van der Waals surface area (Å²) < 4.78 is 2.30. The van der Waals surface area contributed by atoms with E-state index in [9.17, 15) is 0 Å². The first-order valence-corrected chi connectivity index (χ1v) is 9.10. The number of benzene rings is 2. The highest BCUT2D eigenvalue weighted by molar-refractivity contribution is 7.99. The zero-order valence-corrected chi connectivity index (χ0v) is 15.0. The van der Waals surface area contributed by atoms with Crippen LogP contribution in [0.2, 0.25) is 0 Å². The molecule has 0 bridgehead atoms. The van der Waals surface area contributed by atoms with Gasteiger partial charge >= 0.3 is 0 Å². The van der Waals surface area contributed by atoms with Gasteiger partial charge in [0.05, 0.1) is 10.5 Å². The molecule has 0 atom stereocenters. The van der Waals surface area contributed by atoms with Gasteiger partial charge in [-0.25, -0.2) is 4.57 Å². The van der Waals surface area contributed by atoms with Crippen LogP contribution >= 0.6 is 11.8 Å². The monoisotopic (exact) mass is 320 g/mol. The van der Waals surface area contributed by atoms with Crippen LogP contribution in [0.15, 0.2) is 52.4 Å². The molecule has 0 radical (unpaired) electrons. The molecular weight excluding hydrogens is 298 g/mol. The SMILES string of the molecule is Cc1ccc2cccc3c2c1-c1c(c(CC(C)C)cc[n+]1C)S3. The maximum atomic E-state index is 2.30. The number of nitrogens with zero attached hydrogens (tertiary/aromatic N) is 1. The van der Waals surface area contributed by atoms with E-state index < -0.39 is 0 Å². The van der Waals surface area contributed by atoms with Crippen LogP contribution < -0.4 is 4.57 Å². The van der Waals surface area contributed by atoms with Gasteiger partial charge in [0.1, 0.15) is 7.05 Å². The van der Waals surface area contributed by atoms with Crippen LogP contribution in [0.3, 0.4) is 0 Å². The number of aryl methyl sites for hydroxylation is 2. The van der Waals surface area contributed by atoms with Gasteiger partial charge in [-0.05, 0) is 41.8 Å². The first-order chi connectivity index (χ1) is 11.1. The maximum absolute atomic E-state index is 2.30. The fourth-order valence-corrected chi connectivity index (χ4v) is 4.93. The van der Waals surface area contributed by atoms with Gasteiger partial charge in [-0.2, -0.15) is 0 Å². The summed E-state index contributed by atoms with van der Waals surface area (Å²) in [6, 6.07) is 13.5. The van der Waals surface area contributed by atoms with Gasteiger partial charge < -0.3 is 0 Å². The highest BCUT2D eigenvalue weighted by Crippen LogP contribution is 2.48. The molecule has 1 aromatic heterocycles. The summed E-state index contributed by atoms with van der Waals surface area (Å²) >= 11 is 1.95. The number of fused-ring (bicyclic) bond motifs is 2. The molecule has 116 valence electrons. The molecule has 0 unspecified atom stereocenters. The predicted octanol–water partition coefficient (Wildman–Crippen LogP) is 5.30. The summed E-state index contributed by atoms with van der Waals surface area (Å²) in [5.74, 6) is 0.668. The number of rotatable bonds is 2.